The van der Waals surface area contributed by atoms with Crippen molar-refractivity contribution >= 4 is 23.3 Å². The molecule has 4 heteroatoms. The lowest BCUT2D eigenvalue weighted by Crippen LogP contribution is -2.32. The van der Waals surface area contributed by atoms with Crippen LogP contribution in [0, 0.1) is 0 Å². The Morgan fingerprint density at radius 3 is 2.80 bits per heavy atom. The van der Waals surface area contributed by atoms with E-state index in [1.165, 1.54) is 6.92 Å². The van der Waals surface area contributed by atoms with Gasteiger partial charge in [0.25, 0.3) is 0 Å². The van der Waals surface area contributed by atoms with Crippen LogP contribution in [-0.4, -0.2) is 23.3 Å². The van der Waals surface area contributed by atoms with Crippen LogP contribution in [0.25, 0.3) is 0 Å². The van der Waals surface area contributed by atoms with E-state index in [-0.39, 0.29) is 11.9 Å². The first-order valence-electron chi connectivity index (χ1n) is 2.99. The highest BCUT2D eigenvalue weighted by Crippen LogP contribution is 1.96. The van der Waals surface area contributed by atoms with Crippen LogP contribution in [0.3, 0.4) is 0 Å². The predicted octanol–water partition coefficient (Wildman–Crippen LogP) is 0.434. The molecule has 3 nitrogen and oxygen atoms in total. The van der Waals surface area contributed by atoms with Gasteiger partial charge in [-0.25, -0.2) is 0 Å². The van der Waals surface area contributed by atoms with Crippen molar-refractivity contribution in [2.45, 2.75) is 19.9 Å². The van der Waals surface area contributed by atoms with Crippen LogP contribution in [0.2, 0.25) is 0 Å². The molecule has 1 atom stereocenters. The molecule has 0 spiro atoms. The fourth-order valence-corrected chi connectivity index (χ4v) is 1.02. The Morgan fingerprint density at radius 1 is 1.80 bits per heavy atom. The lowest BCUT2D eigenvalue weighted by molar-refractivity contribution is -0.119. The van der Waals surface area contributed by atoms with E-state index < -0.39 is 0 Å². The lowest BCUT2D eigenvalue weighted by Gasteiger charge is -2.08. The van der Waals surface area contributed by atoms with E-state index in [4.69, 9.17) is 0 Å². The largest absolute Gasteiger partial charge is 0.353 e. The van der Waals surface area contributed by atoms with Gasteiger partial charge >= 0.3 is 0 Å². The van der Waals surface area contributed by atoms with Gasteiger partial charge in [0.05, 0.1) is 0 Å². The molecular weight excluding hydrogens is 150 g/mol. The summed E-state index contributed by atoms with van der Waals surface area (Å²) in [6.45, 7) is 3.32. The van der Waals surface area contributed by atoms with E-state index in [2.05, 4.69) is 5.32 Å². The summed E-state index contributed by atoms with van der Waals surface area (Å²) in [5.74, 6) is 0.585. The standard InChI is InChI=1S/C6H11NO2S/c1-5(3-10-4-8)7-6(2)9/h4-5H,3H2,1-2H3,(H,7,9). The van der Waals surface area contributed by atoms with Gasteiger partial charge in [-0.3, -0.25) is 9.59 Å². The van der Waals surface area contributed by atoms with E-state index >= 15 is 0 Å². The Labute approximate surface area is 64.6 Å². The van der Waals surface area contributed by atoms with E-state index in [1.807, 2.05) is 6.92 Å². The molecule has 0 radical (unpaired) electrons. The molecule has 0 aliphatic rings. The van der Waals surface area contributed by atoms with Crippen molar-refractivity contribution in [1.82, 2.24) is 5.32 Å². The summed E-state index contributed by atoms with van der Waals surface area (Å²) in [6.07, 6.45) is 0. The quantitative estimate of drug-likeness (QED) is 0.608. The highest BCUT2D eigenvalue weighted by Gasteiger charge is 2.01. The molecule has 0 rings (SSSR count). The van der Waals surface area contributed by atoms with Gasteiger partial charge in [-0.15, -0.1) is 0 Å². The second-order valence-corrected chi connectivity index (χ2v) is 2.89. The minimum Gasteiger partial charge on any atom is -0.353 e. The molecule has 1 amide bonds. The van der Waals surface area contributed by atoms with Gasteiger partial charge in [0.15, 0.2) is 5.62 Å². The van der Waals surface area contributed by atoms with E-state index in [0.29, 0.717) is 5.75 Å². The third-order valence-corrected chi connectivity index (χ3v) is 1.69. The van der Waals surface area contributed by atoms with Crippen LogP contribution in [0.15, 0.2) is 0 Å². The molecule has 0 aliphatic heterocycles. The molecule has 0 aliphatic carbocycles. The normalized spacial score (nSPS) is 12.2. The molecule has 1 N–H and O–H groups in total. The summed E-state index contributed by atoms with van der Waals surface area (Å²) in [7, 11) is 0. The SMILES string of the molecule is CC(=O)NC(C)CSC=O. The zero-order valence-electron chi connectivity index (χ0n) is 6.09. The molecule has 58 valence electrons. The Morgan fingerprint density at radius 2 is 2.40 bits per heavy atom. The number of hydrogen-bond donors (Lipinski definition) is 1. The van der Waals surface area contributed by atoms with Gasteiger partial charge in [0.2, 0.25) is 5.91 Å². The molecule has 0 fully saturated rings. The summed E-state index contributed by atoms with van der Waals surface area (Å²) in [5, 5.41) is 2.66. The van der Waals surface area contributed by atoms with Gasteiger partial charge in [0, 0.05) is 18.7 Å². The Bertz CT molecular complexity index is 127. The van der Waals surface area contributed by atoms with Crippen molar-refractivity contribution in [3.05, 3.63) is 0 Å². The molecule has 0 aromatic carbocycles. The Kier molecular flexibility index (Phi) is 5.02. The second kappa shape index (κ2) is 5.29. The van der Waals surface area contributed by atoms with E-state index in [0.717, 1.165) is 17.4 Å². The minimum absolute atomic E-state index is 0.0565. The van der Waals surface area contributed by atoms with Crippen molar-refractivity contribution in [2.24, 2.45) is 0 Å². The van der Waals surface area contributed by atoms with Gasteiger partial charge in [0.1, 0.15) is 0 Å². The van der Waals surface area contributed by atoms with E-state index in [1.54, 1.807) is 0 Å². The summed E-state index contributed by atoms with van der Waals surface area (Å²) < 4.78 is 0. The number of carbonyl (C=O) groups is 2. The van der Waals surface area contributed by atoms with Crippen LogP contribution in [0.4, 0.5) is 0 Å². The Balaban J connectivity index is 3.33. The number of amides is 1. The summed E-state index contributed by atoms with van der Waals surface area (Å²) >= 11 is 1.16. The van der Waals surface area contributed by atoms with Crippen molar-refractivity contribution in [3.8, 4) is 0 Å². The van der Waals surface area contributed by atoms with Crippen molar-refractivity contribution in [2.75, 3.05) is 5.75 Å². The maximum Gasteiger partial charge on any atom is 0.217 e. The molecule has 0 aromatic heterocycles. The summed E-state index contributed by atoms with van der Waals surface area (Å²) in [5.41, 5.74) is 0.776. The fraction of sp³-hybridized carbons (Fsp3) is 0.667. The van der Waals surface area contributed by atoms with Crippen LogP contribution in [0.1, 0.15) is 13.8 Å². The van der Waals surface area contributed by atoms with Crippen molar-refractivity contribution in [1.29, 1.82) is 0 Å². The zero-order valence-corrected chi connectivity index (χ0v) is 6.90. The molecule has 1 unspecified atom stereocenters. The molecule has 0 bridgehead atoms. The number of hydrogen-bond acceptors (Lipinski definition) is 3. The average Bonchev–Trinajstić information content (AvgIpc) is 1.82. The topological polar surface area (TPSA) is 46.2 Å². The maximum absolute atomic E-state index is 10.4. The van der Waals surface area contributed by atoms with Gasteiger partial charge < -0.3 is 5.32 Å². The second-order valence-electron chi connectivity index (χ2n) is 2.03. The average molecular weight is 161 g/mol. The van der Waals surface area contributed by atoms with Crippen LogP contribution in [-0.2, 0) is 9.59 Å². The Hall–Kier alpha value is -0.510. The van der Waals surface area contributed by atoms with Crippen molar-refractivity contribution < 1.29 is 9.59 Å². The lowest BCUT2D eigenvalue weighted by atomic mass is 10.4. The summed E-state index contributed by atoms with van der Waals surface area (Å²) in [4.78, 5) is 20.3. The number of nitrogens with one attached hydrogen (secondary N) is 1. The number of thioether (sulfide) groups is 1. The van der Waals surface area contributed by atoms with Gasteiger partial charge in [-0.1, -0.05) is 11.8 Å². The summed E-state index contributed by atoms with van der Waals surface area (Å²) in [6, 6.07) is 0.0766. The van der Waals surface area contributed by atoms with Gasteiger partial charge in [-0.2, -0.15) is 0 Å². The highest BCUT2D eigenvalue weighted by atomic mass is 32.2. The first kappa shape index (κ1) is 9.49. The van der Waals surface area contributed by atoms with Crippen LogP contribution < -0.4 is 5.32 Å². The molecule has 0 saturated heterocycles. The first-order chi connectivity index (χ1) is 4.66. The highest BCUT2D eigenvalue weighted by molar-refractivity contribution is 8.11. The van der Waals surface area contributed by atoms with E-state index in [9.17, 15) is 9.59 Å². The fourth-order valence-electron chi connectivity index (χ4n) is 0.572. The monoisotopic (exact) mass is 161 g/mol. The third kappa shape index (κ3) is 5.62. The molecular formula is C6H11NO2S. The number of carbonyl (C=O) groups excluding carboxylic acids is 2. The number of rotatable bonds is 4. The first-order valence-corrected chi connectivity index (χ1v) is 4.04. The minimum atomic E-state index is -0.0565. The van der Waals surface area contributed by atoms with Gasteiger partial charge in [-0.05, 0) is 6.92 Å². The smallest absolute Gasteiger partial charge is 0.217 e. The molecule has 0 aromatic rings. The van der Waals surface area contributed by atoms with Crippen molar-refractivity contribution in [3.63, 3.8) is 0 Å². The zero-order chi connectivity index (χ0) is 7.98. The molecule has 10 heavy (non-hydrogen) atoms. The molecule has 0 heterocycles. The van der Waals surface area contributed by atoms with Crippen LogP contribution >= 0.6 is 11.8 Å². The predicted molar refractivity (Wildman–Crippen MR) is 42.5 cm³/mol. The molecule has 0 saturated carbocycles. The third-order valence-electron chi connectivity index (χ3n) is 0.864. The maximum atomic E-state index is 10.4. The van der Waals surface area contributed by atoms with Crippen LogP contribution in [0.5, 0.6) is 0 Å².